The number of hydrogen-bond acceptors (Lipinski definition) is 3. The van der Waals surface area contributed by atoms with Crippen LogP contribution in [0.5, 0.6) is 0 Å². The Labute approximate surface area is 129 Å². The molecule has 0 radical (unpaired) electrons. The topological polar surface area (TPSA) is 56.0 Å². The SMILES string of the molecule is CCn1nccc1CN(C)C(=O)CCn1cc(Cl)c(C)n1. The van der Waals surface area contributed by atoms with E-state index in [4.69, 9.17) is 11.6 Å². The normalized spacial score (nSPS) is 10.9. The van der Waals surface area contributed by atoms with E-state index in [0.29, 0.717) is 24.5 Å². The van der Waals surface area contributed by atoms with Crippen LogP contribution in [-0.2, 0) is 24.4 Å². The van der Waals surface area contributed by atoms with Crippen LogP contribution in [-0.4, -0.2) is 37.4 Å². The summed E-state index contributed by atoms with van der Waals surface area (Å²) in [6.45, 7) is 5.77. The first-order chi connectivity index (χ1) is 10.0. The quantitative estimate of drug-likeness (QED) is 0.821. The molecular weight excluding hydrogens is 290 g/mol. The van der Waals surface area contributed by atoms with E-state index >= 15 is 0 Å². The van der Waals surface area contributed by atoms with E-state index in [-0.39, 0.29) is 5.91 Å². The van der Waals surface area contributed by atoms with Crippen LogP contribution in [0.2, 0.25) is 5.02 Å². The van der Waals surface area contributed by atoms with Gasteiger partial charge in [-0.1, -0.05) is 11.6 Å². The number of hydrogen-bond donors (Lipinski definition) is 0. The minimum atomic E-state index is 0.0723. The summed E-state index contributed by atoms with van der Waals surface area (Å²) < 4.78 is 3.60. The van der Waals surface area contributed by atoms with Crippen LogP contribution in [0.1, 0.15) is 24.7 Å². The number of rotatable bonds is 6. The largest absolute Gasteiger partial charge is 0.340 e. The van der Waals surface area contributed by atoms with Crippen LogP contribution in [0.25, 0.3) is 0 Å². The second-order valence-electron chi connectivity index (χ2n) is 4.96. The van der Waals surface area contributed by atoms with E-state index in [1.807, 2.05) is 24.6 Å². The lowest BCUT2D eigenvalue weighted by molar-refractivity contribution is -0.130. The summed E-state index contributed by atoms with van der Waals surface area (Å²) in [5, 5.41) is 9.07. The predicted octanol–water partition coefficient (Wildman–Crippen LogP) is 2.11. The molecule has 2 aromatic rings. The van der Waals surface area contributed by atoms with Gasteiger partial charge in [0.1, 0.15) is 0 Å². The lowest BCUT2D eigenvalue weighted by Gasteiger charge is -2.17. The monoisotopic (exact) mass is 309 g/mol. The van der Waals surface area contributed by atoms with Gasteiger partial charge >= 0.3 is 0 Å². The van der Waals surface area contributed by atoms with Gasteiger partial charge in [-0.25, -0.2) is 0 Å². The lowest BCUT2D eigenvalue weighted by atomic mass is 10.3. The zero-order chi connectivity index (χ0) is 15.4. The number of carbonyl (C=O) groups is 1. The first kappa shape index (κ1) is 15.6. The molecule has 2 heterocycles. The highest BCUT2D eigenvalue weighted by molar-refractivity contribution is 6.31. The van der Waals surface area contributed by atoms with E-state index in [1.54, 1.807) is 29.0 Å². The molecule has 0 saturated heterocycles. The molecule has 7 heteroatoms. The highest BCUT2D eigenvalue weighted by Gasteiger charge is 2.12. The molecule has 0 aliphatic carbocycles. The number of aromatic nitrogens is 4. The lowest BCUT2D eigenvalue weighted by Crippen LogP contribution is -2.28. The number of carbonyl (C=O) groups excluding carboxylic acids is 1. The molecular formula is C14H20ClN5O. The van der Waals surface area contributed by atoms with E-state index < -0.39 is 0 Å². The molecule has 2 aromatic heterocycles. The van der Waals surface area contributed by atoms with Crippen molar-refractivity contribution in [3.8, 4) is 0 Å². The van der Waals surface area contributed by atoms with E-state index in [2.05, 4.69) is 10.2 Å². The van der Waals surface area contributed by atoms with Gasteiger partial charge in [-0.15, -0.1) is 0 Å². The third-order valence-corrected chi connectivity index (χ3v) is 3.74. The summed E-state index contributed by atoms with van der Waals surface area (Å²) >= 11 is 5.95. The molecule has 6 nitrogen and oxygen atoms in total. The van der Waals surface area contributed by atoms with Crippen LogP contribution in [0.4, 0.5) is 0 Å². The summed E-state index contributed by atoms with van der Waals surface area (Å²) in [7, 11) is 1.80. The molecule has 0 saturated carbocycles. The molecule has 0 aromatic carbocycles. The van der Waals surface area contributed by atoms with Crippen molar-refractivity contribution in [1.82, 2.24) is 24.5 Å². The molecule has 0 atom stereocenters. The van der Waals surface area contributed by atoms with Gasteiger partial charge in [-0.3, -0.25) is 14.2 Å². The van der Waals surface area contributed by atoms with Crippen LogP contribution >= 0.6 is 11.6 Å². The molecule has 0 aliphatic rings. The average Bonchev–Trinajstić information content (AvgIpc) is 3.03. The number of aryl methyl sites for hydroxylation is 3. The van der Waals surface area contributed by atoms with Gasteiger partial charge in [-0.05, 0) is 19.9 Å². The van der Waals surface area contributed by atoms with Crippen molar-refractivity contribution in [3.05, 3.63) is 34.9 Å². The standard InChI is InChI=1S/C14H20ClN5O/c1-4-20-12(5-7-16-20)9-18(3)14(21)6-8-19-10-13(15)11(2)17-19/h5,7,10H,4,6,8-9H2,1-3H3. The molecule has 2 rings (SSSR count). The van der Waals surface area contributed by atoms with Gasteiger partial charge in [0.05, 0.1) is 23.0 Å². The maximum atomic E-state index is 12.2. The Hall–Kier alpha value is -1.82. The van der Waals surface area contributed by atoms with Gasteiger partial charge < -0.3 is 4.90 Å². The first-order valence-electron chi connectivity index (χ1n) is 6.95. The van der Waals surface area contributed by atoms with Crippen molar-refractivity contribution >= 4 is 17.5 Å². The molecule has 1 amide bonds. The summed E-state index contributed by atoms with van der Waals surface area (Å²) in [6.07, 6.45) is 3.90. The van der Waals surface area contributed by atoms with Crippen LogP contribution in [0.3, 0.4) is 0 Å². The van der Waals surface area contributed by atoms with Crippen molar-refractivity contribution in [3.63, 3.8) is 0 Å². The molecule has 21 heavy (non-hydrogen) atoms. The second kappa shape index (κ2) is 6.76. The zero-order valence-electron chi connectivity index (χ0n) is 12.6. The Morgan fingerprint density at radius 1 is 1.48 bits per heavy atom. The van der Waals surface area contributed by atoms with Crippen molar-refractivity contribution in [1.29, 1.82) is 0 Å². The van der Waals surface area contributed by atoms with Crippen molar-refractivity contribution in [2.24, 2.45) is 0 Å². The number of nitrogens with zero attached hydrogens (tertiary/aromatic N) is 5. The van der Waals surface area contributed by atoms with Gasteiger partial charge in [0.25, 0.3) is 0 Å². The Bertz CT molecular complexity index is 599. The summed E-state index contributed by atoms with van der Waals surface area (Å²) in [5.74, 6) is 0.0723. The minimum Gasteiger partial charge on any atom is -0.340 e. The molecule has 0 N–H and O–H groups in total. The Balaban J connectivity index is 1.88. The Morgan fingerprint density at radius 3 is 2.86 bits per heavy atom. The number of amides is 1. The smallest absolute Gasteiger partial charge is 0.224 e. The van der Waals surface area contributed by atoms with Gasteiger partial charge in [0, 0.05) is 39.0 Å². The fraction of sp³-hybridized carbons (Fsp3) is 0.500. The molecule has 0 spiro atoms. The van der Waals surface area contributed by atoms with Crippen LogP contribution < -0.4 is 0 Å². The maximum Gasteiger partial charge on any atom is 0.224 e. The predicted molar refractivity (Wildman–Crippen MR) is 81.0 cm³/mol. The van der Waals surface area contributed by atoms with Gasteiger partial charge in [-0.2, -0.15) is 10.2 Å². The molecule has 0 fully saturated rings. The second-order valence-corrected chi connectivity index (χ2v) is 5.37. The summed E-state index contributed by atoms with van der Waals surface area (Å²) in [5.41, 5.74) is 1.82. The van der Waals surface area contributed by atoms with Gasteiger partial charge in [0.15, 0.2) is 0 Å². The summed E-state index contributed by atoms with van der Waals surface area (Å²) in [6, 6.07) is 1.93. The fourth-order valence-electron chi connectivity index (χ4n) is 2.12. The van der Waals surface area contributed by atoms with E-state index in [9.17, 15) is 4.79 Å². The van der Waals surface area contributed by atoms with Crippen molar-refractivity contribution < 1.29 is 4.79 Å². The van der Waals surface area contributed by atoms with Gasteiger partial charge in [0.2, 0.25) is 5.91 Å². The highest BCUT2D eigenvalue weighted by Crippen LogP contribution is 2.12. The third-order valence-electron chi connectivity index (χ3n) is 3.37. The van der Waals surface area contributed by atoms with E-state index in [0.717, 1.165) is 17.9 Å². The molecule has 0 unspecified atom stereocenters. The third kappa shape index (κ3) is 3.85. The molecule has 0 aliphatic heterocycles. The average molecular weight is 310 g/mol. The van der Waals surface area contributed by atoms with Crippen molar-refractivity contribution in [2.75, 3.05) is 7.05 Å². The Kier molecular flexibility index (Phi) is 5.01. The minimum absolute atomic E-state index is 0.0723. The fourth-order valence-corrected chi connectivity index (χ4v) is 2.27. The zero-order valence-corrected chi connectivity index (χ0v) is 13.3. The summed E-state index contributed by atoms with van der Waals surface area (Å²) in [4.78, 5) is 13.9. The Morgan fingerprint density at radius 2 is 2.24 bits per heavy atom. The molecule has 0 bridgehead atoms. The van der Waals surface area contributed by atoms with E-state index in [1.165, 1.54) is 0 Å². The highest BCUT2D eigenvalue weighted by atomic mass is 35.5. The number of halogens is 1. The molecule has 114 valence electrons. The van der Waals surface area contributed by atoms with Crippen LogP contribution in [0, 0.1) is 6.92 Å². The van der Waals surface area contributed by atoms with Crippen LogP contribution in [0.15, 0.2) is 18.5 Å². The maximum absolute atomic E-state index is 12.2. The van der Waals surface area contributed by atoms with Crippen molar-refractivity contribution in [2.45, 2.75) is 39.9 Å². The first-order valence-corrected chi connectivity index (χ1v) is 7.33.